The van der Waals surface area contributed by atoms with Gasteiger partial charge in [-0.05, 0) is 30.2 Å². The molecule has 2 N–H and O–H groups in total. The molecule has 0 aliphatic heterocycles. The summed E-state index contributed by atoms with van der Waals surface area (Å²) in [6, 6.07) is 5.90. The van der Waals surface area contributed by atoms with Gasteiger partial charge in [-0.3, -0.25) is 0 Å². The SMILES string of the molecule is Cc1ccc(Cl)cc1Cc1nc(N)cs1. The van der Waals surface area contributed by atoms with Crippen LogP contribution in [0, 0.1) is 6.92 Å². The van der Waals surface area contributed by atoms with Crippen LogP contribution in [0.4, 0.5) is 5.82 Å². The van der Waals surface area contributed by atoms with Crippen LogP contribution in [0.1, 0.15) is 16.1 Å². The largest absolute Gasteiger partial charge is 0.383 e. The van der Waals surface area contributed by atoms with E-state index in [0.717, 1.165) is 16.5 Å². The number of hydrogen-bond donors (Lipinski definition) is 1. The molecular weight excluding hydrogens is 228 g/mol. The van der Waals surface area contributed by atoms with Gasteiger partial charge in [-0.25, -0.2) is 4.98 Å². The van der Waals surface area contributed by atoms with Crippen molar-refractivity contribution in [2.45, 2.75) is 13.3 Å². The Morgan fingerprint density at radius 1 is 1.47 bits per heavy atom. The number of nitrogens with two attached hydrogens (primary N) is 1. The van der Waals surface area contributed by atoms with E-state index in [1.165, 1.54) is 11.1 Å². The van der Waals surface area contributed by atoms with Gasteiger partial charge in [-0.1, -0.05) is 17.7 Å². The van der Waals surface area contributed by atoms with E-state index in [9.17, 15) is 0 Å². The molecule has 1 aromatic carbocycles. The van der Waals surface area contributed by atoms with Crippen molar-refractivity contribution >= 4 is 28.8 Å². The molecule has 0 bridgehead atoms. The number of nitrogen functional groups attached to an aromatic ring is 1. The Balaban J connectivity index is 2.27. The Hall–Kier alpha value is -1.06. The standard InChI is InChI=1S/C11H11ClN2S/c1-7-2-3-9(12)4-8(7)5-11-14-10(13)6-15-11/h2-4,6H,5,13H2,1H3. The molecule has 0 unspecified atom stereocenters. The van der Waals surface area contributed by atoms with Gasteiger partial charge in [-0.15, -0.1) is 11.3 Å². The summed E-state index contributed by atoms with van der Waals surface area (Å²) in [7, 11) is 0. The highest BCUT2D eigenvalue weighted by Crippen LogP contribution is 2.21. The maximum absolute atomic E-state index is 5.95. The summed E-state index contributed by atoms with van der Waals surface area (Å²) in [6.45, 7) is 2.07. The van der Waals surface area contributed by atoms with E-state index in [0.29, 0.717) is 5.82 Å². The van der Waals surface area contributed by atoms with Crippen molar-refractivity contribution in [1.29, 1.82) is 0 Å². The molecule has 2 aromatic rings. The van der Waals surface area contributed by atoms with E-state index in [1.807, 2.05) is 23.6 Å². The highest BCUT2D eigenvalue weighted by molar-refractivity contribution is 7.10. The highest BCUT2D eigenvalue weighted by atomic mass is 35.5. The molecule has 4 heteroatoms. The number of hydrogen-bond acceptors (Lipinski definition) is 3. The Kier molecular flexibility index (Phi) is 2.93. The van der Waals surface area contributed by atoms with Crippen molar-refractivity contribution in [2.75, 3.05) is 5.73 Å². The van der Waals surface area contributed by atoms with Crippen LogP contribution in [0.3, 0.4) is 0 Å². The number of nitrogens with zero attached hydrogens (tertiary/aromatic N) is 1. The molecule has 0 aliphatic carbocycles. The Morgan fingerprint density at radius 2 is 2.27 bits per heavy atom. The quantitative estimate of drug-likeness (QED) is 0.872. The van der Waals surface area contributed by atoms with E-state index in [-0.39, 0.29) is 0 Å². The number of anilines is 1. The van der Waals surface area contributed by atoms with Crippen LogP contribution in [0.25, 0.3) is 0 Å². The fourth-order valence-corrected chi connectivity index (χ4v) is 2.30. The lowest BCUT2D eigenvalue weighted by molar-refractivity contribution is 1.12. The van der Waals surface area contributed by atoms with Crippen molar-refractivity contribution in [2.24, 2.45) is 0 Å². The third-order valence-electron chi connectivity index (χ3n) is 2.22. The van der Waals surface area contributed by atoms with Crippen LogP contribution in [0.15, 0.2) is 23.6 Å². The van der Waals surface area contributed by atoms with E-state index in [2.05, 4.69) is 11.9 Å². The summed E-state index contributed by atoms with van der Waals surface area (Å²) < 4.78 is 0. The minimum Gasteiger partial charge on any atom is -0.383 e. The second-order valence-electron chi connectivity index (χ2n) is 3.41. The molecule has 78 valence electrons. The molecule has 2 rings (SSSR count). The number of benzene rings is 1. The predicted molar refractivity (Wildman–Crippen MR) is 65.5 cm³/mol. The summed E-state index contributed by atoms with van der Waals surface area (Å²) >= 11 is 7.53. The average Bonchev–Trinajstić information content (AvgIpc) is 2.58. The first-order valence-electron chi connectivity index (χ1n) is 4.60. The second-order valence-corrected chi connectivity index (χ2v) is 4.79. The van der Waals surface area contributed by atoms with Gasteiger partial charge in [0.2, 0.25) is 0 Å². The van der Waals surface area contributed by atoms with Gasteiger partial charge >= 0.3 is 0 Å². The molecule has 0 saturated carbocycles. The van der Waals surface area contributed by atoms with Gasteiger partial charge in [0.15, 0.2) is 0 Å². The molecule has 15 heavy (non-hydrogen) atoms. The Morgan fingerprint density at radius 3 is 2.93 bits per heavy atom. The zero-order chi connectivity index (χ0) is 10.8. The molecule has 0 aliphatic rings. The minimum atomic E-state index is 0.592. The first-order chi connectivity index (χ1) is 7.15. The van der Waals surface area contributed by atoms with Gasteiger partial charge in [0, 0.05) is 16.8 Å². The monoisotopic (exact) mass is 238 g/mol. The molecule has 1 aromatic heterocycles. The van der Waals surface area contributed by atoms with Crippen LogP contribution in [-0.4, -0.2) is 4.98 Å². The fraction of sp³-hybridized carbons (Fsp3) is 0.182. The van der Waals surface area contributed by atoms with Crippen LogP contribution in [-0.2, 0) is 6.42 Å². The van der Waals surface area contributed by atoms with E-state index in [4.69, 9.17) is 17.3 Å². The van der Waals surface area contributed by atoms with Crippen molar-refractivity contribution in [1.82, 2.24) is 4.98 Å². The second kappa shape index (κ2) is 4.21. The normalized spacial score (nSPS) is 10.5. The number of thiazole rings is 1. The summed E-state index contributed by atoms with van der Waals surface area (Å²) in [4.78, 5) is 4.23. The lowest BCUT2D eigenvalue weighted by atomic mass is 10.1. The number of aromatic nitrogens is 1. The lowest BCUT2D eigenvalue weighted by Crippen LogP contribution is -1.92. The molecule has 1 heterocycles. The molecule has 0 atom stereocenters. The van der Waals surface area contributed by atoms with Crippen LogP contribution in [0.2, 0.25) is 5.02 Å². The van der Waals surface area contributed by atoms with Crippen LogP contribution >= 0.6 is 22.9 Å². The smallest absolute Gasteiger partial charge is 0.134 e. The molecule has 0 radical (unpaired) electrons. The first-order valence-corrected chi connectivity index (χ1v) is 5.86. The third kappa shape index (κ3) is 2.49. The molecule has 0 saturated heterocycles. The maximum atomic E-state index is 5.95. The van der Waals surface area contributed by atoms with Crippen molar-refractivity contribution in [3.63, 3.8) is 0 Å². The number of aryl methyl sites for hydroxylation is 1. The molecular formula is C11H11ClN2S. The fourth-order valence-electron chi connectivity index (χ4n) is 1.40. The average molecular weight is 239 g/mol. The lowest BCUT2D eigenvalue weighted by Gasteiger charge is -2.03. The van der Waals surface area contributed by atoms with Crippen molar-refractivity contribution in [3.05, 3.63) is 44.7 Å². The Labute approximate surface area is 97.7 Å². The van der Waals surface area contributed by atoms with Crippen molar-refractivity contribution < 1.29 is 0 Å². The zero-order valence-electron chi connectivity index (χ0n) is 8.33. The van der Waals surface area contributed by atoms with Crippen molar-refractivity contribution in [3.8, 4) is 0 Å². The summed E-state index contributed by atoms with van der Waals surface area (Å²) in [5, 5.41) is 3.65. The van der Waals surface area contributed by atoms with Crippen LogP contribution < -0.4 is 5.73 Å². The number of halogens is 1. The molecule has 0 amide bonds. The van der Waals surface area contributed by atoms with E-state index < -0.39 is 0 Å². The topological polar surface area (TPSA) is 38.9 Å². The number of rotatable bonds is 2. The van der Waals surface area contributed by atoms with Gasteiger partial charge in [-0.2, -0.15) is 0 Å². The maximum Gasteiger partial charge on any atom is 0.134 e. The van der Waals surface area contributed by atoms with Gasteiger partial charge in [0.05, 0.1) is 5.01 Å². The Bertz CT molecular complexity index is 479. The van der Waals surface area contributed by atoms with Gasteiger partial charge < -0.3 is 5.73 Å². The summed E-state index contributed by atoms with van der Waals surface area (Å²) in [6.07, 6.45) is 0.800. The molecule has 2 nitrogen and oxygen atoms in total. The van der Waals surface area contributed by atoms with Crippen LogP contribution in [0.5, 0.6) is 0 Å². The predicted octanol–water partition coefficient (Wildman–Crippen LogP) is 3.28. The minimum absolute atomic E-state index is 0.592. The summed E-state index contributed by atoms with van der Waals surface area (Å²) in [5.74, 6) is 0.592. The van der Waals surface area contributed by atoms with E-state index in [1.54, 1.807) is 11.3 Å². The first kappa shape index (κ1) is 10.5. The molecule has 0 spiro atoms. The zero-order valence-corrected chi connectivity index (χ0v) is 9.90. The third-order valence-corrected chi connectivity index (χ3v) is 3.32. The summed E-state index contributed by atoms with van der Waals surface area (Å²) in [5.41, 5.74) is 8.01. The van der Waals surface area contributed by atoms with Gasteiger partial charge in [0.1, 0.15) is 5.82 Å². The van der Waals surface area contributed by atoms with Gasteiger partial charge in [0.25, 0.3) is 0 Å². The van der Waals surface area contributed by atoms with E-state index >= 15 is 0 Å². The highest BCUT2D eigenvalue weighted by Gasteiger charge is 2.04. The molecule has 0 fully saturated rings.